The molecule has 1 aromatic rings. The number of aliphatic carboxylic acids is 1. The molecule has 20 heteroatoms. The number of imidazole rings is 1. The first-order valence-electron chi connectivity index (χ1n) is 21.5. The Kier molecular flexibility index (Phi) is 30.6. The molecule has 0 bridgehead atoms. The smallest absolute Gasteiger partial charge is 0.430 e. The van der Waals surface area contributed by atoms with E-state index in [4.69, 9.17) is 44.3 Å². The van der Waals surface area contributed by atoms with Crippen molar-refractivity contribution in [2.24, 2.45) is 44.4 Å². The number of aromatic nitrogens is 2. The molecule has 0 aromatic carbocycles. The Hall–Kier alpha value is -4.62. The normalized spacial score (nSPS) is 12.6. The topological polar surface area (TPSA) is 305 Å². The van der Waals surface area contributed by atoms with Gasteiger partial charge in [0, 0.05) is 19.5 Å². The minimum absolute atomic E-state index is 0.0386. The van der Waals surface area contributed by atoms with Gasteiger partial charge < -0.3 is 54.9 Å². The number of hydrogen-bond donors (Lipinski definition) is 8. The first-order valence-corrected chi connectivity index (χ1v) is 21.5. The molecule has 0 aliphatic heterocycles. The molecule has 0 aliphatic rings. The largest absolute Gasteiger partial charge is 0.542 e. The highest BCUT2D eigenvalue weighted by Crippen LogP contribution is 2.13. The number of amides is 3. The molecule has 1 heterocycles. The molecule has 346 valence electrons. The van der Waals surface area contributed by atoms with Crippen molar-refractivity contribution in [3.8, 4) is 0 Å². The molecule has 0 saturated carbocycles. The van der Waals surface area contributed by atoms with E-state index in [1.54, 1.807) is 0 Å². The predicted octanol–water partition coefficient (Wildman–Crippen LogP) is 1.79. The number of primary amides is 1. The lowest BCUT2D eigenvalue weighted by molar-refractivity contribution is -0.697. The quantitative estimate of drug-likeness (QED) is 0.0219. The average molecular weight is 861 g/mol. The van der Waals surface area contributed by atoms with Crippen LogP contribution in [0.1, 0.15) is 148 Å². The number of carboxylic acid groups (broad SMARTS) is 1. The second-order valence-electron chi connectivity index (χ2n) is 15.1. The zero-order valence-corrected chi connectivity index (χ0v) is 36.0. The van der Waals surface area contributed by atoms with E-state index in [1.807, 2.05) is 0 Å². The van der Waals surface area contributed by atoms with Crippen molar-refractivity contribution in [3.05, 3.63) is 18.2 Å². The van der Waals surface area contributed by atoms with Crippen molar-refractivity contribution < 1.29 is 42.0 Å². The number of carbonyl (C=O) groups is 4. The maximum Gasteiger partial charge on any atom is 0.430 e. The van der Waals surface area contributed by atoms with Crippen molar-refractivity contribution in [3.63, 3.8) is 0 Å². The van der Waals surface area contributed by atoms with E-state index in [0.29, 0.717) is 25.8 Å². The van der Waals surface area contributed by atoms with Gasteiger partial charge in [-0.15, -0.1) is 0 Å². The molecule has 1 aromatic heterocycles. The number of carbonyl (C=O) groups excluding carboxylic acids is 4. The average Bonchev–Trinajstić information content (AvgIpc) is 3.56. The van der Waals surface area contributed by atoms with Crippen LogP contribution in [-0.2, 0) is 38.7 Å². The van der Waals surface area contributed by atoms with Gasteiger partial charge in [0.1, 0.15) is 29.9 Å². The van der Waals surface area contributed by atoms with Gasteiger partial charge >= 0.3 is 6.18 Å². The summed E-state index contributed by atoms with van der Waals surface area (Å²) in [5.41, 5.74) is 34.6. The molecule has 14 N–H and O–H groups in total. The van der Waals surface area contributed by atoms with E-state index in [9.17, 15) is 27.6 Å². The highest BCUT2D eigenvalue weighted by atomic mass is 19.4. The minimum Gasteiger partial charge on any atom is -0.542 e. The number of carboxylic acids is 1. The Balaban J connectivity index is 0.00000453. The number of guanidine groups is 2. The summed E-state index contributed by atoms with van der Waals surface area (Å²) in [5.74, 6) is -4.81. The highest BCUT2D eigenvalue weighted by molar-refractivity contribution is 5.92. The van der Waals surface area contributed by atoms with Gasteiger partial charge in [-0.1, -0.05) is 90.9 Å². The number of rotatable bonds is 33. The lowest BCUT2D eigenvalue weighted by Crippen LogP contribution is -2.55. The van der Waals surface area contributed by atoms with Crippen LogP contribution >= 0.6 is 0 Å². The van der Waals surface area contributed by atoms with Crippen molar-refractivity contribution in [1.29, 1.82) is 0 Å². The fourth-order valence-electron chi connectivity index (χ4n) is 6.30. The molecular weight excluding hydrogens is 786 g/mol. The number of hydrogen-bond acceptors (Lipinski definition) is 8. The van der Waals surface area contributed by atoms with Crippen LogP contribution in [0.15, 0.2) is 22.5 Å². The van der Waals surface area contributed by atoms with Crippen LogP contribution in [0.2, 0.25) is 0 Å². The monoisotopic (exact) mass is 861 g/mol. The van der Waals surface area contributed by atoms with Crippen LogP contribution < -0.4 is 54.7 Å². The Morgan fingerprint density at radius 2 is 1.15 bits per heavy atom. The molecule has 0 radical (unpaired) electrons. The summed E-state index contributed by atoms with van der Waals surface area (Å²) >= 11 is 0. The van der Waals surface area contributed by atoms with Gasteiger partial charge in [-0.3, -0.25) is 24.4 Å². The number of nitrogens with two attached hydrogens (primary N) is 6. The second-order valence-corrected chi connectivity index (χ2v) is 15.1. The number of aliphatic imine (C=N–C) groups is 2. The maximum absolute atomic E-state index is 13.7. The minimum atomic E-state index is -5.19. The molecular formula is C40H75F3N12O5. The third kappa shape index (κ3) is 28.7. The number of halogens is 3. The zero-order valence-electron chi connectivity index (χ0n) is 36.0. The van der Waals surface area contributed by atoms with E-state index in [1.165, 1.54) is 83.5 Å². The van der Waals surface area contributed by atoms with Crippen LogP contribution in [0.3, 0.4) is 0 Å². The molecule has 0 unspecified atom stereocenters. The van der Waals surface area contributed by atoms with Crippen molar-refractivity contribution in [2.75, 3.05) is 13.1 Å². The molecule has 17 nitrogen and oxygen atoms in total. The molecule has 3 amide bonds. The number of nitrogens with one attached hydrogen (secondary N) is 2. The van der Waals surface area contributed by atoms with Crippen molar-refractivity contribution in [2.45, 2.75) is 186 Å². The van der Waals surface area contributed by atoms with Gasteiger partial charge in [0.15, 0.2) is 11.9 Å². The lowest BCUT2D eigenvalue weighted by atomic mass is 10.1. The summed E-state index contributed by atoms with van der Waals surface area (Å²) in [6, 6.07) is -2.87. The number of unbranched alkanes of at least 4 members (excludes halogenated alkanes) is 14. The Morgan fingerprint density at radius 3 is 1.62 bits per heavy atom. The summed E-state index contributed by atoms with van der Waals surface area (Å²) in [7, 11) is 0. The lowest BCUT2D eigenvalue weighted by Gasteiger charge is -2.23. The summed E-state index contributed by atoms with van der Waals surface area (Å²) in [6.07, 6.45) is 20.3. The van der Waals surface area contributed by atoms with E-state index >= 15 is 0 Å². The van der Waals surface area contributed by atoms with Crippen LogP contribution in [0, 0.1) is 0 Å². The third-order valence-corrected chi connectivity index (χ3v) is 9.68. The molecule has 0 saturated heterocycles. The maximum atomic E-state index is 13.7. The van der Waals surface area contributed by atoms with Gasteiger partial charge in [0.25, 0.3) is 0 Å². The van der Waals surface area contributed by atoms with Crippen LogP contribution in [0.4, 0.5) is 13.2 Å². The third-order valence-electron chi connectivity index (χ3n) is 9.68. The Morgan fingerprint density at radius 1 is 0.700 bits per heavy atom. The van der Waals surface area contributed by atoms with Gasteiger partial charge in [-0.05, 0) is 51.4 Å². The number of aryl methyl sites for hydroxylation is 2. The molecule has 0 aliphatic carbocycles. The van der Waals surface area contributed by atoms with E-state index in [-0.39, 0.29) is 31.3 Å². The fraction of sp³-hybridized carbons (Fsp3) is 0.775. The summed E-state index contributed by atoms with van der Waals surface area (Å²) in [5, 5.41) is 14.4. The first-order chi connectivity index (χ1) is 28.4. The second kappa shape index (κ2) is 33.1. The predicted molar refractivity (Wildman–Crippen MR) is 225 cm³/mol. The van der Waals surface area contributed by atoms with Gasteiger partial charge in [0.2, 0.25) is 24.0 Å². The van der Waals surface area contributed by atoms with Crippen LogP contribution in [0.25, 0.3) is 0 Å². The number of alkyl halides is 3. The molecule has 0 spiro atoms. The van der Waals surface area contributed by atoms with Crippen LogP contribution in [0.5, 0.6) is 0 Å². The summed E-state index contributed by atoms with van der Waals surface area (Å²) < 4.78 is 35.9. The van der Waals surface area contributed by atoms with Crippen LogP contribution in [-0.4, -0.2) is 77.6 Å². The Labute approximate surface area is 354 Å². The van der Waals surface area contributed by atoms with E-state index < -0.39 is 48.0 Å². The SMILES string of the molecule is CCCCCCCCCCn1c[n+](CCCCCCCCCC)cc1C[C@H](NC(=O)[C@H](CCCN=C(N)N)NC(=O)[C@@H](N)CCCN=C(N)N)C(N)=O.O=C([O-])C(F)(F)F. The molecule has 60 heavy (non-hydrogen) atoms. The van der Waals surface area contributed by atoms with Gasteiger partial charge in [-0.25, -0.2) is 9.13 Å². The van der Waals surface area contributed by atoms with Crippen molar-refractivity contribution in [1.82, 2.24) is 15.2 Å². The van der Waals surface area contributed by atoms with Gasteiger partial charge in [-0.2, -0.15) is 13.2 Å². The molecule has 3 atom stereocenters. The summed E-state index contributed by atoms with van der Waals surface area (Å²) in [6.45, 7) is 6.76. The number of nitrogens with zero attached hydrogens (tertiary/aromatic N) is 4. The summed E-state index contributed by atoms with van der Waals surface area (Å²) in [4.78, 5) is 56.2. The van der Waals surface area contributed by atoms with E-state index in [0.717, 1.165) is 38.0 Å². The standard InChI is InChI=1S/C38H74N12O3.C2HF3O2/c1-3-5-7-9-11-13-15-17-25-49-28-30(50(29-49)26-18-16-14-12-10-8-6-4-2)27-33(34(40)51)48-36(53)32(22-20-24-46-38(43)44)47-35(52)31(39)21-19-23-45-37(41)42;3-2(4,5)1(6)7/h28-29,31-33H,3-27,39H2,1-2H3,(H11-,40,41,42,43,44,45,46,47,48,51,52,53);(H,6,7)/t31-,32-,33-;/m0./s1. The first kappa shape index (κ1) is 55.4. The zero-order chi connectivity index (χ0) is 45.3. The van der Waals surface area contributed by atoms with Crippen molar-refractivity contribution >= 4 is 35.6 Å². The molecule has 1 rings (SSSR count). The molecule has 0 fully saturated rings. The van der Waals surface area contributed by atoms with E-state index in [2.05, 4.69) is 56.1 Å². The Bertz CT molecular complexity index is 1420. The van der Waals surface area contributed by atoms with Gasteiger partial charge in [0.05, 0.1) is 19.1 Å². The fourth-order valence-corrected chi connectivity index (χ4v) is 6.30. The highest BCUT2D eigenvalue weighted by Gasteiger charge is 2.30.